The zero-order valence-electron chi connectivity index (χ0n) is 10.4. The van der Waals surface area contributed by atoms with E-state index in [2.05, 4.69) is 0 Å². The van der Waals surface area contributed by atoms with Crippen LogP contribution in [0.1, 0.15) is 31.8 Å². The predicted octanol–water partition coefficient (Wildman–Crippen LogP) is 1.41. The Morgan fingerprint density at radius 1 is 0.810 bits per heavy atom. The Morgan fingerprint density at radius 2 is 1.38 bits per heavy atom. The van der Waals surface area contributed by atoms with Crippen molar-refractivity contribution in [3.05, 3.63) is 58.7 Å². The highest BCUT2D eigenvalue weighted by Gasteiger charge is 2.36. The third kappa shape index (κ3) is 1.86. The Labute approximate surface area is 119 Å². The van der Waals surface area contributed by atoms with Crippen LogP contribution in [0.4, 0.5) is 0 Å². The van der Waals surface area contributed by atoms with Crippen LogP contribution in [0.25, 0.3) is 0 Å². The number of hydrogen-bond acceptors (Lipinski definition) is 5. The minimum atomic E-state index is -4.86. The van der Waals surface area contributed by atoms with Gasteiger partial charge in [0.2, 0.25) is 0 Å². The number of carbonyl (C=O) groups is 2. The van der Waals surface area contributed by atoms with Gasteiger partial charge < -0.3 is 5.11 Å². The van der Waals surface area contributed by atoms with Crippen LogP contribution >= 0.6 is 0 Å². The fourth-order valence-electron chi connectivity index (χ4n) is 2.41. The van der Waals surface area contributed by atoms with Crippen molar-refractivity contribution in [2.24, 2.45) is 0 Å². The molecule has 0 atom stereocenters. The molecule has 0 saturated heterocycles. The van der Waals surface area contributed by atoms with Gasteiger partial charge in [-0.15, -0.1) is 0 Å². The van der Waals surface area contributed by atoms with Gasteiger partial charge in [-0.25, -0.2) is 0 Å². The van der Waals surface area contributed by atoms with Crippen LogP contribution in [0.3, 0.4) is 0 Å². The van der Waals surface area contributed by atoms with Gasteiger partial charge in [-0.3, -0.25) is 14.1 Å². The second kappa shape index (κ2) is 4.24. The van der Waals surface area contributed by atoms with Crippen LogP contribution in [0.2, 0.25) is 0 Å². The molecule has 6 nitrogen and oxygen atoms in total. The van der Waals surface area contributed by atoms with Crippen molar-refractivity contribution in [3.8, 4) is 5.75 Å². The number of fused-ring (bicyclic) bond motifs is 2. The summed E-state index contributed by atoms with van der Waals surface area (Å²) in [6, 6.07) is 8.08. The van der Waals surface area contributed by atoms with Gasteiger partial charge in [0.1, 0.15) is 10.6 Å². The number of hydrogen-bond donors (Lipinski definition) is 2. The summed E-state index contributed by atoms with van der Waals surface area (Å²) in [5.74, 6) is -2.05. The molecule has 0 saturated carbocycles. The Bertz CT molecular complexity index is 911. The molecule has 1 aliphatic carbocycles. The van der Waals surface area contributed by atoms with Crippen molar-refractivity contribution in [2.45, 2.75) is 4.90 Å². The van der Waals surface area contributed by atoms with Crippen LogP contribution in [0.5, 0.6) is 5.75 Å². The molecular formula is C14H8O6S. The summed E-state index contributed by atoms with van der Waals surface area (Å²) >= 11 is 0. The Hall–Kier alpha value is -2.51. The van der Waals surface area contributed by atoms with Gasteiger partial charge in [0.25, 0.3) is 10.1 Å². The van der Waals surface area contributed by atoms with Gasteiger partial charge in [-0.05, 0) is 12.1 Å². The summed E-state index contributed by atoms with van der Waals surface area (Å²) in [6.07, 6.45) is 0. The van der Waals surface area contributed by atoms with E-state index in [0.29, 0.717) is 0 Å². The summed E-state index contributed by atoms with van der Waals surface area (Å²) in [7, 11) is -4.86. The fourth-order valence-corrected chi connectivity index (χ4v) is 3.20. The molecule has 7 heteroatoms. The molecule has 0 unspecified atom stereocenters. The molecule has 21 heavy (non-hydrogen) atoms. The largest absolute Gasteiger partial charge is 0.506 e. The maximum Gasteiger partial charge on any atom is 0.298 e. The third-order valence-corrected chi connectivity index (χ3v) is 4.21. The highest BCUT2D eigenvalue weighted by atomic mass is 32.2. The maximum atomic E-state index is 12.4. The minimum absolute atomic E-state index is 0.0329. The number of phenolic OH excluding ortho intramolecular Hbond substituents is 1. The van der Waals surface area contributed by atoms with Crippen molar-refractivity contribution in [2.75, 3.05) is 0 Å². The van der Waals surface area contributed by atoms with Gasteiger partial charge in [0.15, 0.2) is 11.6 Å². The normalized spacial score (nSPS) is 13.8. The lowest BCUT2D eigenvalue weighted by Crippen LogP contribution is -2.23. The highest BCUT2D eigenvalue weighted by molar-refractivity contribution is 7.86. The molecule has 1 aliphatic rings. The lowest BCUT2D eigenvalue weighted by Gasteiger charge is -2.19. The van der Waals surface area contributed by atoms with Gasteiger partial charge in [0.05, 0.1) is 5.56 Å². The van der Waals surface area contributed by atoms with Crippen LogP contribution in [0, 0.1) is 0 Å². The quantitative estimate of drug-likeness (QED) is 0.658. The van der Waals surface area contributed by atoms with E-state index in [1.807, 2.05) is 0 Å². The summed E-state index contributed by atoms with van der Waals surface area (Å²) in [5, 5.41) is 9.65. The molecule has 0 aliphatic heterocycles. The molecule has 0 aromatic heterocycles. The van der Waals surface area contributed by atoms with E-state index in [0.717, 1.165) is 12.1 Å². The van der Waals surface area contributed by atoms with Crippen molar-refractivity contribution >= 4 is 21.7 Å². The zero-order valence-corrected chi connectivity index (χ0v) is 11.2. The van der Waals surface area contributed by atoms with E-state index in [1.54, 1.807) is 6.07 Å². The first-order valence-electron chi connectivity index (χ1n) is 5.84. The minimum Gasteiger partial charge on any atom is -0.506 e. The summed E-state index contributed by atoms with van der Waals surface area (Å²) in [6.45, 7) is 0. The second-order valence-corrected chi connectivity index (χ2v) is 5.87. The zero-order chi connectivity index (χ0) is 15.4. The summed E-state index contributed by atoms with van der Waals surface area (Å²) in [4.78, 5) is 23.8. The predicted molar refractivity (Wildman–Crippen MR) is 71.2 cm³/mol. The molecule has 106 valence electrons. The number of carbonyl (C=O) groups excluding carboxylic acids is 2. The smallest absolute Gasteiger partial charge is 0.298 e. The first-order chi connectivity index (χ1) is 9.82. The standard InChI is InChI=1S/C14H8O6S/c15-10-6-5-9-11(14(10)21(18,19)20)13(17)8-4-2-1-3-7(8)12(9)16/h1-6,15H,(H,18,19,20). The van der Waals surface area contributed by atoms with Crippen LogP contribution < -0.4 is 0 Å². The molecule has 0 bridgehead atoms. The molecule has 0 amide bonds. The van der Waals surface area contributed by atoms with Gasteiger partial charge in [0, 0.05) is 16.7 Å². The Balaban J connectivity index is 2.45. The molecular weight excluding hydrogens is 296 g/mol. The SMILES string of the molecule is O=C1c2ccccc2C(=O)c2c1ccc(O)c2S(=O)(=O)O. The molecule has 0 heterocycles. The third-order valence-electron chi connectivity index (χ3n) is 3.28. The molecule has 2 aromatic carbocycles. The highest BCUT2D eigenvalue weighted by Crippen LogP contribution is 2.35. The van der Waals surface area contributed by atoms with Gasteiger partial charge >= 0.3 is 0 Å². The summed E-state index contributed by atoms with van der Waals surface area (Å²) < 4.78 is 32.1. The topological polar surface area (TPSA) is 109 Å². The van der Waals surface area contributed by atoms with Crippen molar-refractivity contribution in [1.82, 2.24) is 0 Å². The number of rotatable bonds is 1. The lowest BCUT2D eigenvalue weighted by molar-refractivity contribution is 0.0976. The Kier molecular flexibility index (Phi) is 2.72. The lowest BCUT2D eigenvalue weighted by atomic mass is 9.84. The number of ketones is 2. The van der Waals surface area contributed by atoms with Crippen molar-refractivity contribution in [3.63, 3.8) is 0 Å². The van der Waals surface area contributed by atoms with Crippen LogP contribution in [-0.4, -0.2) is 29.6 Å². The number of phenols is 1. The average molecular weight is 304 g/mol. The first kappa shape index (κ1) is 13.5. The molecule has 0 spiro atoms. The van der Waals surface area contributed by atoms with Crippen LogP contribution in [0.15, 0.2) is 41.3 Å². The second-order valence-electron chi connectivity index (χ2n) is 4.52. The molecule has 0 fully saturated rings. The van der Waals surface area contributed by atoms with Gasteiger partial charge in [-0.1, -0.05) is 24.3 Å². The molecule has 2 aromatic rings. The van der Waals surface area contributed by atoms with Gasteiger partial charge in [-0.2, -0.15) is 8.42 Å². The molecule has 2 N–H and O–H groups in total. The van der Waals surface area contributed by atoms with E-state index >= 15 is 0 Å². The van der Waals surface area contributed by atoms with E-state index in [1.165, 1.54) is 18.2 Å². The molecule has 3 rings (SSSR count). The van der Waals surface area contributed by atoms with Crippen LogP contribution in [-0.2, 0) is 10.1 Å². The van der Waals surface area contributed by atoms with E-state index in [4.69, 9.17) is 0 Å². The monoisotopic (exact) mass is 304 g/mol. The number of aromatic hydroxyl groups is 1. The van der Waals surface area contributed by atoms with E-state index < -0.39 is 37.9 Å². The average Bonchev–Trinajstić information content (AvgIpc) is 2.43. The Morgan fingerprint density at radius 3 is 1.95 bits per heavy atom. The fraction of sp³-hybridized carbons (Fsp3) is 0. The van der Waals surface area contributed by atoms with E-state index in [9.17, 15) is 27.7 Å². The summed E-state index contributed by atoms with van der Waals surface area (Å²) in [5.41, 5.74) is -0.474. The number of benzene rings is 2. The maximum absolute atomic E-state index is 12.4. The van der Waals surface area contributed by atoms with E-state index in [-0.39, 0.29) is 16.7 Å². The molecule has 0 radical (unpaired) electrons. The first-order valence-corrected chi connectivity index (χ1v) is 7.28. The van der Waals surface area contributed by atoms with Crippen molar-refractivity contribution in [1.29, 1.82) is 0 Å². The van der Waals surface area contributed by atoms with Crippen molar-refractivity contribution < 1.29 is 27.7 Å².